The molecule has 0 saturated heterocycles. The monoisotopic (exact) mass is 404 g/mol. The fraction of sp³-hybridized carbons (Fsp3) is 0.125. The minimum atomic E-state index is -0.356. The maximum atomic E-state index is 4.95. The molecule has 0 bridgehead atoms. The van der Waals surface area contributed by atoms with Crippen molar-refractivity contribution in [1.29, 1.82) is 0 Å². The molecule has 151 valence electrons. The summed E-state index contributed by atoms with van der Waals surface area (Å²) in [6.45, 7) is 6.27. The Labute approximate surface area is 179 Å². The predicted octanol–water partition coefficient (Wildman–Crippen LogP) is 4.59. The van der Waals surface area contributed by atoms with Crippen molar-refractivity contribution in [3.05, 3.63) is 89.9 Å². The summed E-state index contributed by atoms with van der Waals surface area (Å²) in [5.74, 6) is 0. The highest BCUT2D eigenvalue weighted by atomic mass is 15.4. The largest absolute Gasteiger partial charge is 0.424 e. The first-order chi connectivity index (χ1) is 15.1. The Bertz CT molecular complexity index is 1400. The number of rotatable bonds is 3. The average Bonchev–Trinajstić information content (AvgIpc) is 3.46. The van der Waals surface area contributed by atoms with E-state index in [0.29, 0.717) is 0 Å². The summed E-state index contributed by atoms with van der Waals surface area (Å²) in [6, 6.07) is 18.7. The molecule has 0 spiro atoms. The Morgan fingerprint density at radius 3 is 1.13 bits per heavy atom. The van der Waals surface area contributed by atoms with Gasteiger partial charge in [0.15, 0.2) is 0 Å². The third kappa shape index (κ3) is 2.77. The molecule has 0 atom stereocenters. The first kappa shape index (κ1) is 17.9. The topological polar surface area (TPSA) is 53.5 Å². The standard InChI is InChI=1S/C24H21BN6/c1-16-7-4-10-19-13-29(26-22(16)19)25(30-14-20-11-5-8-17(2)23(20)27-30)31-15-21-12-6-9-18(3)24(21)28-31/h4-15H,1-3H3/q-1. The first-order valence-corrected chi connectivity index (χ1v) is 10.4. The summed E-state index contributed by atoms with van der Waals surface area (Å²) >= 11 is 0. The number of aryl methyl sites for hydroxylation is 3. The molecule has 0 aliphatic rings. The van der Waals surface area contributed by atoms with Crippen LogP contribution in [-0.4, -0.2) is 36.2 Å². The van der Waals surface area contributed by atoms with Crippen LogP contribution in [0.1, 0.15) is 16.7 Å². The number of hydrogen-bond donors (Lipinski definition) is 0. The highest BCUT2D eigenvalue weighted by Gasteiger charge is 2.15. The van der Waals surface area contributed by atoms with Crippen molar-refractivity contribution in [2.45, 2.75) is 20.8 Å². The minimum Gasteiger partial charge on any atom is -0.424 e. The molecule has 6 rings (SSSR count). The van der Waals surface area contributed by atoms with Gasteiger partial charge in [-0.15, -0.1) is 0 Å². The van der Waals surface area contributed by atoms with Crippen molar-refractivity contribution < 1.29 is 0 Å². The Kier molecular flexibility index (Phi) is 3.80. The number of aromatic nitrogens is 6. The van der Waals surface area contributed by atoms with E-state index in [1.807, 2.05) is 13.8 Å². The molecule has 1 radical (unpaired) electrons. The summed E-state index contributed by atoms with van der Waals surface area (Å²) in [4.78, 5) is 0. The van der Waals surface area contributed by atoms with Crippen molar-refractivity contribution in [1.82, 2.24) is 29.1 Å². The van der Waals surface area contributed by atoms with Gasteiger partial charge in [0.25, 0.3) is 7.12 Å². The zero-order chi connectivity index (χ0) is 21.1. The molecule has 3 aromatic heterocycles. The Hall–Kier alpha value is -3.87. The molecule has 0 unspecified atom stereocenters. The van der Waals surface area contributed by atoms with E-state index in [4.69, 9.17) is 15.3 Å². The normalized spacial score (nSPS) is 12.0. The van der Waals surface area contributed by atoms with Crippen LogP contribution >= 0.6 is 0 Å². The minimum absolute atomic E-state index is 0.356. The molecule has 3 heterocycles. The molecule has 0 amide bonds. The second-order valence-electron chi connectivity index (χ2n) is 8.21. The fourth-order valence-electron chi connectivity index (χ4n) is 4.35. The molecule has 31 heavy (non-hydrogen) atoms. The molecular formula is C24H21BN6-. The number of hydrogen-bond acceptors (Lipinski definition) is 3. The zero-order valence-electron chi connectivity index (χ0n) is 17.7. The smallest absolute Gasteiger partial charge is 0.260 e. The quantitative estimate of drug-likeness (QED) is 0.406. The number of nitrogens with zero attached hydrogens (tertiary/aromatic N) is 6. The lowest BCUT2D eigenvalue weighted by Crippen LogP contribution is -2.42. The summed E-state index contributed by atoms with van der Waals surface area (Å²) in [7, 11) is -0.356. The summed E-state index contributed by atoms with van der Waals surface area (Å²) in [5, 5.41) is 18.1. The Morgan fingerprint density at radius 2 is 0.839 bits per heavy atom. The van der Waals surface area contributed by atoms with Crippen LogP contribution in [0.5, 0.6) is 0 Å². The van der Waals surface area contributed by atoms with Gasteiger partial charge >= 0.3 is 0 Å². The van der Waals surface area contributed by atoms with Crippen molar-refractivity contribution in [3.63, 3.8) is 0 Å². The van der Waals surface area contributed by atoms with Gasteiger partial charge < -0.3 is 13.8 Å². The first-order valence-electron chi connectivity index (χ1n) is 10.4. The fourth-order valence-corrected chi connectivity index (χ4v) is 4.35. The molecule has 6 aromatic rings. The summed E-state index contributed by atoms with van der Waals surface area (Å²) in [6.07, 6.45) is 6.22. The summed E-state index contributed by atoms with van der Waals surface area (Å²) < 4.78 is 5.88. The van der Waals surface area contributed by atoms with Crippen molar-refractivity contribution in [2.24, 2.45) is 0 Å². The molecule has 6 nitrogen and oxygen atoms in total. The maximum absolute atomic E-state index is 4.95. The van der Waals surface area contributed by atoms with Gasteiger partial charge in [-0.05, 0) is 56.1 Å². The number of benzene rings is 3. The van der Waals surface area contributed by atoms with Gasteiger partial charge in [0, 0.05) is 16.2 Å². The lowest BCUT2D eigenvalue weighted by molar-refractivity contribution is 0.784. The van der Waals surface area contributed by atoms with Gasteiger partial charge in [-0.1, -0.05) is 54.6 Å². The molecule has 3 aromatic carbocycles. The van der Waals surface area contributed by atoms with Crippen molar-refractivity contribution >= 4 is 39.8 Å². The number of fused-ring (bicyclic) bond motifs is 3. The molecule has 0 aliphatic heterocycles. The van der Waals surface area contributed by atoms with Gasteiger partial charge in [0.05, 0.1) is 16.6 Å². The molecule has 0 N–H and O–H groups in total. The van der Waals surface area contributed by atoms with E-state index >= 15 is 0 Å². The zero-order valence-corrected chi connectivity index (χ0v) is 17.7. The van der Waals surface area contributed by atoms with Crippen LogP contribution in [0, 0.1) is 20.8 Å². The average molecular weight is 404 g/mol. The lowest BCUT2D eigenvalue weighted by atomic mass is 9.95. The van der Waals surface area contributed by atoms with Crippen molar-refractivity contribution in [3.8, 4) is 0 Å². The van der Waals surface area contributed by atoms with Crippen LogP contribution < -0.4 is 0 Å². The van der Waals surface area contributed by atoms with Gasteiger partial charge in [-0.2, -0.15) is 0 Å². The third-order valence-electron chi connectivity index (χ3n) is 5.98. The van der Waals surface area contributed by atoms with E-state index in [-0.39, 0.29) is 7.12 Å². The molecule has 0 aliphatic carbocycles. The van der Waals surface area contributed by atoms with E-state index in [2.05, 4.69) is 94.0 Å². The predicted molar refractivity (Wildman–Crippen MR) is 125 cm³/mol. The van der Waals surface area contributed by atoms with E-state index < -0.39 is 0 Å². The van der Waals surface area contributed by atoms with E-state index in [1.54, 1.807) is 0 Å². The van der Waals surface area contributed by atoms with E-state index in [1.165, 1.54) is 0 Å². The van der Waals surface area contributed by atoms with Crippen LogP contribution in [0.4, 0.5) is 0 Å². The van der Waals surface area contributed by atoms with E-state index in [9.17, 15) is 0 Å². The van der Waals surface area contributed by atoms with Crippen LogP contribution in [0.15, 0.2) is 73.2 Å². The molecule has 0 fully saturated rings. The Morgan fingerprint density at radius 1 is 0.516 bits per heavy atom. The highest BCUT2D eigenvalue weighted by Crippen LogP contribution is 2.21. The third-order valence-corrected chi connectivity index (χ3v) is 5.98. The van der Waals surface area contributed by atoms with Gasteiger partial charge in [-0.3, -0.25) is 0 Å². The molecular weight excluding hydrogens is 383 g/mol. The van der Waals surface area contributed by atoms with Gasteiger partial charge in [-0.25, -0.2) is 15.3 Å². The van der Waals surface area contributed by atoms with Gasteiger partial charge in [0.1, 0.15) is 0 Å². The van der Waals surface area contributed by atoms with Crippen LogP contribution in [0.25, 0.3) is 32.7 Å². The highest BCUT2D eigenvalue weighted by molar-refractivity contribution is 6.53. The SMILES string of the molecule is Cc1cccc2cn([B-](n3cc4cccc(C)c4n3)n3cc4cccc(C)c4n3)nc12. The van der Waals surface area contributed by atoms with Crippen LogP contribution in [0.3, 0.4) is 0 Å². The molecule has 7 heteroatoms. The van der Waals surface area contributed by atoms with Crippen molar-refractivity contribution in [2.75, 3.05) is 0 Å². The van der Waals surface area contributed by atoms with Crippen LogP contribution in [-0.2, 0) is 0 Å². The second kappa shape index (κ2) is 6.57. The maximum Gasteiger partial charge on any atom is 0.260 e. The lowest BCUT2D eigenvalue weighted by Gasteiger charge is -2.29. The second-order valence-corrected chi connectivity index (χ2v) is 8.21. The Balaban J connectivity index is 1.62. The summed E-state index contributed by atoms with van der Waals surface area (Å²) in [5.41, 5.74) is 6.43. The van der Waals surface area contributed by atoms with Gasteiger partial charge in [0.2, 0.25) is 0 Å². The van der Waals surface area contributed by atoms with Crippen LogP contribution in [0.2, 0.25) is 0 Å². The van der Waals surface area contributed by atoms with E-state index in [0.717, 1.165) is 49.4 Å². The molecule has 0 saturated carbocycles.